The van der Waals surface area contributed by atoms with E-state index < -0.39 is 0 Å². The first-order valence-electron chi connectivity index (χ1n) is 7.06. The van der Waals surface area contributed by atoms with Crippen molar-refractivity contribution in [2.75, 3.05) is 6.54 Å². The highest BCUT2D eigenvalue weighted by molar-refractivity contribution is 9.10. The van der Waals surface area contributed by atoms with Crippen LogP contribution in [0.25, 0.3) is 0 Å². The first kappa shape index (κ1) is 16.5. The van der Waals surface area contributed by atoms with Crippen molar-refractivity contribution in [1.82, 2.24) is 5.32 Å². The quantitative estimate of drug-likeness (QED) is 0.692. The molecule has 1 nitrogen and oxygen atoms in total. The van der Waals surface area contributed by atoms with Gasteiger partial charge < -0.3 is 5.32 Å². The number of hydrogen-bond donors (Lipinski definition) is 1. The van der Waals surface area contributed by atoms with Gasteiger partial charge in [-0.2, -0.15) is 0 Å². The van der Waals surface area contributed by atoms with Crippen LogP contribution in [0.4, 0.5) is 4.39 Å². The number of benzene rings is 2. The van der Waals surface area contributed by atoms with Crippen LogP contribution in [0.2, 0.25) is 0 Å². The Balaban J connectivity index is 2.26. The lowest BCUT2D eigenvalue weighted by atomic mass is 10.1. The molecule has 2 aromatic carbocycles. The molecule has 1 unspecified atom stereocenters. The molecule has 0 bridgehead atoms. The third kappa shape index (κ3) is 4.83. The maximum atomic E-state index is 13.3. The van der Waals surface area contributed by atoms with E-state index in [0.717, 1.165) is 27.2 Å². The molecule has 0 saturated carbocycles. The van der Waals surface area contributed by atoms with Crippen molar-refractivity contribution in [3.63, 3.8) is 0 Å². The van der Waals surface area contributed by atoms with Crippen molar-refractivity contribution < 1.29 is 4.39 Å². The number of nitrogens with one attached hydrogen (secondary N) is 1. The van der Waals surface area contributed by atoms with Crippen molar-refractivity contribution >= 4 is 27.7 Å². The van der Waals surface area contributed by atoms with Gasteiger partial charge in [0.05, 0.1) is 0 Å². The summed E-state index contributed by atoms with van der Waals surface area (Å²) in [5, 5.41) is 3.51. The van der Waals surface area contributed by atoms with Crippen LogP contribution in [0.3, 0.4) is 0 Å². The molecule has 2 aromatic rings. The molecule has 0 aromatic heterocycles. The Morgan fingerprint density at radius 2 is 2.05 bits per heavy atom. The van der Waals surface area contributed by atoms with E-state index in [0.29, 0.717) is 0 Å². The average molecular weight is 368 g/mol. The summed E-state index contributed by atoms with van der Waals surface area (Å²) in [4.78, 5) is 2.07. The number of rotatable bonds is 6. The first-order valence-corrected chi connectivity index (χ1v) is 8.67. The van der Waals surface area contributed by atoms with Gasteiger partial charge in [0.2, 0.25) is 0 Å². The highest BCUT2D eigenvalue weighted by Crippen LogP contribution is 2.35. The molecule has 1 atom stereocenters. The molecule has 112 valence electrons. The van der Waals surface area contributed by atoms with Crippen LogP contribution in [-0.2, 0) is 0 Å². The number of halogens is 2. The Hall–Kier alpha value is -0.840. The SMILES string of the molecule is CCCNC(C)c1cc(Br)ccc1Sc1cccc(F)c1. The van der Waals surface area contributed by atoms with Gasteiger partial charge in [-0.25, -0.2) is 4.39 Å². The normalized spacial score (nSPS) is 12.4. The van der Waals surface area contributed by atoms with Crippen molar-refractivity contribution in [2.45, 2.75) is 36.1 Å². The van der Waals surface area contributed by atoms with Gasteiger partial charge in [-0.3, -0.25) is 0 Å². The summed E-state index contributed by atoms with van der Waals surface area (Å²) in [5.74, 6) is -0.198. The average Bonchev–Trinajstić information content (AvgIpc) is 2.46. The molecule has 2 rings (SSSR count). The van der Waals surface area contributed by atoms with Crippen LogP contribution in [0.5, 0.6) is 0 Å². The van der Waals surface area contributed by atoms with Crippen LogP contribution in [0.15, 0.2) is 56.7 Å². The maximum Gasteiger partial charge on any atom is 0.124 e. The predicted octanol–water partition coefficient (Wildman–Crippen LogP) is 5.80. The Kier molecular flexibility index (Phi) is 6.27. The largest absolute Gasteiger partial charge is 0.310 e. The zero-order valence-corrected chi connectivity index (χ0v) is 14.6. The Morgan fingerprint density at radius 1 is 1.24 bits per heavy atom. The summed E-state index contributed by atoms with van der Waals surface area (Å²) in [7, 11) is 0. The summed E-state index contributed by atoms with van der Waals surface area (Å²) >= 11 is 5.13. The van der Waals surface area contributed by atoms with E-state index in [2.05, 4.69) is 47.2 Å². The lowest BCUT2D eigenvalue weighted by molar-refractivity contribution is 0.563. The lowest BCUT2D eigenvalue weighted by Gasteiger charge is -2.18. The fourth-order valence-corrected chi connectivity index (χ4v) is 3.52. The molecule has 0 radical (unpaired) electrons. The van der Waals surface area contributed by atoms with Gasteiger partial charge in [0.15, 0.2) is 0 Å². The molecular weight excluding hydrogens is 349 g/mol. The summed E-state index contributed by atoms with van der Waals surface area (Å²) in [6, 6.07) is 13.2. The summed E-state index contributed by atoms with van der Waals surface area (Å²) in [6.07, 6.45) is 1.10. The zero-order chi connectivity index (χ0) is 15.2. The van der Waals surface area contributed by atoms with E-state index >= 15 is 0 Å². The highest BCUT2D eigenvalue weighted by Gasteiger charge is 2.12. The zero-order valence-electron chi connectivity index (χ0n) is 12.2. The highest BCUT2D eigenvalue weighted by atomic mass is 79.9. The van der Waals surface area contributed by atoms with Gasteiger partial charge in [-0.1, -0.05) is 40.7 Å². The Morgan fingerprint density at radius 3 is 2.76 bits per heavy atom. The van der Waals surface area contributed by atoms with Crippen LogP contribution in [0.1, 0.15) is 31.9 Å². The monoisotopic (exact) mass is 367 g/mol. The predicted molar refractivity (Wildman–Crippen MR) is 91.4 cm³/mol. The minimum Gasteiger partial charge on any atom is -0.310 e. The summed E-state index contributed by atoms with van der Waals surface area (Å²) < 4.78 is 14.4. The van der Waals surface area contributed by atoms with E-state index in [1.807, 2.05) is 12.1 Å². The van der Waals surface area contributed by atoms with Crippen molar-refractivity contribution in [3.8, 4) is 0 Å². The molecule has 0 aliphatic heterocycles. The van der Waals surface area contributed by atoms with Gasteiger partial charge in [-0.05, 0) is 61.9 Å². The fraction of sp³-hybridized carbons (Fsp3) is 0.294. The maximum absolute atomic E-state index is 13.3. The minimum absolute atomic E-state index is 0.198. The van der Waals surface area contributed by atoms with Gasteiger partial charge in [0, 0.05) is 20.3 Å². The van der Waals surface area contributed by atoms with Crippen LogP contribution in [-0.4, -0.2) is 6.54 Å². The molecule has 0 heterocycles. The number of hydrogen-bond acceptors (Lipinski definition) is 2. The second-order valence-electron chi connectivity index (χ2n) is 4.92. The molecule has 1 N–H and O–H groups in total. The van der Waals surface area contributed by atoms with E-state index in [9.17, 15) is 4.39 Å². The van der Waals surface area contributed by atoms with Gasteiger partial charge in [0.1, 0.15) is 5.82 Å². The minimum atomic E-state index is -0.198. The van der Waals surface area contributed by atoms with Crippen LogP contribution >= 0.6 is 27.7 Å². The lowest BCUT2D eigenvalue weighted by Crippen LogP contribution is -2.19. The van der Waals surface area contributed by atoms with E-state index in [1.165, 1.54) is 11.6 Å². The van der Waals surface area contributed by atoms with Crippen molar-refractivity contribution in [2.24, 2.45) is 0 Å². The first-order chi connectivity index (χ1) is 10.1. The van der Waals surface area contributed by atoms with Crippen LogP contribution < -0.4 is 5.32 Å². The Labute approximate surface area is 138 Å². The molecule has 0 spiro atoms. The van der Waals surface area contributed by atoms with Gasteiger partial charge >= 0.3 is 0 Å². The fourth-order valence-electron chi connectivity index (χ4n) is 2.08. The molecule has 0 amide bonds. The molecule has 21 heavy (non-hydrogen) atoms. The topological polar surface area (TPSA) is 12.0 Å². The molecular formula is C17H19BrFNS. The molecule has 0 fully saturated rings. The van der Waals surface area contributed by atoms with Crippen molar-refractivity contribution in [3.05, 3.63) is 58.3 Å². The van der Waals surface area contributed by atoms with E-state index in [-0.39, 0.29) is 11.9 Å². The molecule has 4 heteroatoms. The van der Waals surface area contributed by atoms with E-state index in [1.54, 1.807) is 23.9 Å². The molecule has 0 aliphatic carbocycles. The second-order valence-corrected chi connectivity index (χ2v) is 6.95. The standard InChI is InChI=1S/C17H19BrFNS/c1-3-9-20-12(2)16-10-13(18)7-8-17(16)21-15-6-4-5-14(19)11-15/h4-8,10-12,20H,3,9H2,1-2H3. The third-order valence-electron chi connectivity index (χ3n) is 3.16. The van der Waals surface area contributed by atoms with Gasteiger partial charge in [-0.15, -0.1) is 0 Å². The van der Waals surface area contributed by atoms with Gasteiger partial charge in [0.25, 0.3) is 0 Å². The second kappa shape index (κ2) is 7.97. The molecule has 0 saturated heterocycles. The van der Waals surface area contributed by atoms with E-state index in [4.69, 9.17) is 0 Å². The van der Waals surface area contributed by atoms with Crippen molar-refractivity contribution in [1.29, 1.82) is 0 Å². The Bertz CT molecular complexity index is 603. The summed E-state index contributed by atoms with van der Waals surface area (Å²) in [5.41, 5.74) is 1.23. The molecule has 0 aliphatic rings. The van der Waals surface area contributed by atoms with Crippen LogP contribution in [0, 0.1) is 5.82 Å². The smallest absolute Gasteiger partial charge is 0.124 e. The third-order valence-corrected chi connectivity index (χ3v) is 4.74. The summed E-state index contributed by atoms with van der Waals surface area (Å²) in [6.45, 7) is 5.30.